The maximum atomic E-state index is 10.1. The number of nitrogen functional groups attached to an aromatic ring is 1. The first-order valence-electron chi connectivity index (χ1n) is 4.57. The van der Waals surface area contributed by atoms with Gasteiger partial charge in [-0.1, -0.05) is 0 Å². The van der Waals surface area contributed by atoms with Crippen LogP contribution in [0.3, 0.4) is 0 Å². The van der Waals surface area contributed by atoms with Gasteiger partial charge in [0.2, 0.25) is 0 Å². The first kappa shape index (κ1) is 9.45. The Balaban J connectivity index is 2.09. The summed E-state index contributed by atoms with van der Waals surface area (Å²) >= 11 is 1.43. The van der Waals surface area contributed by atoms with E-state index in [2.05, 4.69) is 4.98 Å². The van der Waals surface area contributed by atoms with Gasteiger partial charge < -0.3 is 10.5 Å². The second kappa shape index (κ2) is 3.96. The van der Waals surface area contributed by atoms with Crippen LogP contribution in [0, 0.1) is 5.92 Å². The molecule has 1 aromatic heterocycles. The van der Waals surface area contributed by atoms with Gasteiger partial charge in [0, 0.05) is 5.92 Å². The molecule has 1 unspecified atom stereocenters. The minimum atomic E-state index is 0.200. The van der Waals surface area contributed by atoms with Gasteiger partial charge >= 0.3 is 0 Å². The van der Waals surface area contributed by atoms with Crippen molar-refractivity contribution >= 4 is 22.8 Å². The van der Waals surface area contributed by atoms with E-state index in [4.69, 9.17) is 10.5 Å². The molecule has 0 saturated heterocycles. The molecule has 1 aliphatic carbocycles. The largest absolute Gasteiger partial charge is 0.467 e. The summed E-state index contributed by atoms with van der Waals surface area (Å²) in [6, 6.07) is 0. The Labute approximate surface area is 86.1 Å². The van der Waals surface area contributed by atoms with Crippen LogP contribution >= 0.6 is 11.3 Å². The van der Waals surface area contributed by atoms with Crippen molar-refractivity contribution < 1.29 is 9.53 Å². The number of ether oxygens (including phenoxy) is 1. The van der Waals surface area contributed by atoms with E-state index < -0.39 is 0 Å². The van der Waals surface area contributed by atoms with Crippen molar-refractivity contribution in [2.45, 2.75) is 18.8 Å². The Morgan fingerprint density at radius 1 is 1.79 bits per heavy atom. The fourth-order valence-electron chi connectivity index (χ4n) is 1.62. The molecule has 0 bridgehead atoms. The Morgan fingerprint density at radius 2 is 2.57 bits per heavy atom. The third kappa shape index (κ3) is 1.87. The molecule has 1 heterocycles. The Kier molecular flexibility index (Phi) is 2.67. The predicted molar refractivity (Wildman–Crippen MR) is 54.0 cm³/mol. The monoisotopic (exact) mass is 212 g/mol. The molecule has 1 atom stereocenters. The molecular weight excluding hydrogens is 200 g/mol. The van der Waals surface area contributed by atoms with Gasteiger partial charge in [0.05, 0.1) is 17.8 Å². The molecular formula is C9H12N2O2S. The van der Waals surface area contributed by atoms with Gasteiger partial charge in [-0.2, -0.15) is 0 Å². The van der Waals surface area contributed by atoms with Gasteiger partial charge in [0.1, 0.15) is 5.00 Å². The van der Waals surface area contributed by atoms with E-state index >= 15 is 0 Å². The minimum Gasteiger partial charge on any atom is -0.467 e. The number of nitrogens with zero attached hydrogens (tertiary/aromatic N) is 1. The van der Waals surface area contributed by atoms with Gasteiger partial charge in [0.25, 0.3) is 6.47 Å². The molecule has 0 radical (unpaired) electrons. The number of rotatable bonds is 5. The number of hydrogen-bond acceptors (Lipinski definition) is 5. The second-order valence-corrected chi connectivity index (χ2v) is 4.36. The van der Waals surface area contributed by atoms with Gasteiger partial charge in [0.15, 0.2) is 0 Å². The third-order valence-electron chi connectivity index (χ3n) is 2.51. The van der Waals surface area contributed by atoms with Crippen molar-refractivity contribution in [2.75, 3.05) is 12.3 Å². The van der Waals surface area contributed by atoms with Crippen LogP contribution in [0.2, 0.25) is 0 Å². The molecule has 0 amide bonds. The summed E-state index contributed by atoms with van der Waals surface area (Å²) < 4.78 is 4.80. The van der Waals surface area contributed by atoms with E-state index in [0.29, 0.717) is 19.0 Å². The van der Waals surface area contributed by atoms with Crippen molar-refractivity contribution in [1.29, 1.82) is 0 Å². The summed E-state index contributed by atoms with van der Waals surface area (Å²) in [6.07, 6.45) is 2.37. The lowest BCUT2D eigenvalue weighted by Crippen LogP contribution is -2.11. The molecule has 0 aromatic carbocycles. The summed E-state index contributed by atoms with van der Waals surface area (Å²) in [6.45, 7) is 0.889. The van der Waals surface area contributed by atoms with E-state index in [0.717, 1.165) is 10.7 Å². The maximum Gasteiger partial charge on any atom is 0.293 e. The average molecular weight is 212 g/mol. The summed E-state index contributed by atoms with van der Waals surface area (Å²) in [5.74, 6) is 0.797. The van der Waals surface area contributed by atoms with Crippen LogP contribution < -0.4 is 5.73 Å². The highest BCUT2D eigenvalue weighted by molar-refractivity contribution is 7.13. The Hall–Kier alpha value is -1.10. The van der Waals surface area contributed by atoms with Gasteiger partial charge in [-0.25, -0.2) is 4.98 Å². The minimum absolute atomic E-state index is 0.200. The first-order valence-corrected chi connectivity index (χ1v) is 5.45. The SMILES string of the molecule is Nc1scnc1C(COC=O)C1CC1. The summed E-state index contributed by atoms with van der Waals surface area (Å²) in [4.78, 5) is 14.4. The van der Waals surface area contributed by atoms with Crippen LogP contribution in [0.1, 0.15) is 24.5 Å². The molecule has 1 fully saturated rings. The van der Waals surface area contributed by atoms with Crippen LogP contribution in [0.5, 0.6) is 0 Å². The van der Waals surface area contributed by atoms with Crippen LogP contribution in [0.25, 0.3) is 0 Å². The highest BCUT2D eigenvalue weighted by atomic mass is 32.1. The van der Waals surface area contributed by atoms with Crippen LogP contribution in [-0.4, -0.2) is 18.1 Å². The van der Waals surface area contributed by atoms with Gasteiger partial charge in [-0.15, -0.1) is 11.3 Å². The highest BCUT2D eigenvalue weighted by Crippen LogP contribution is 2.44. The summed E-state index contributed by atoms with van der Waals surface area (Å²) in [5, 5.41) is 0.747. The fraction of sp³-hybridized carbons (Fsp3) is 0.556. The number of thiazole rings is 1. The molecule has 14 heavy (non-hydrogen) atoms. The molecule has 2 N–H and O–H groups in total. The van der Waals surface area contributed by atoms with E-state index in [1.807, 2.05) is 0 Å². The van der Waals surface area contributed by atoms with Crippen molar-refractivity contribution in [3.63, 3.8) is 0 Å². The predicted octanol–water partition coefficient (Wildman–Crippen LogP) is 1.39. The fourth-order valence-corrected chi connectivity index (χ4v) is 2.23. The van der Waals surface area contributed by atoms with E-state index in [1.165, 1.54) is 24.2 Å². The van der Waals surface area contributed by atoms with Crippen LogP contribution in [0.15, 0.2) is 5.51 Å². The maximum absolute atomic E-state index is 10.1. The van der Waals surface area contributed by atoms with Crippen LogP contribution in [0.4, 0.5) is 5.00 Å². The van der Waals surface area contributed by atoms with E-state index in [-0.39, 0.29) is 5.92 Å². The smallest absolute Gasteiger partial charge is 0.293 e. The van der Waals surface area contributed by atoms with Crippen molar-refractivity contribution in [1.82, 2.24) is 4.98 Å². The van der Waals surface area contributed by atoms with Crippen molar-refractivity contribution in [3.05, 3.63) is 11.2 Å². The number of nitrogens with two attached hydrogens (primary N) is 1. The number of carbonyl (C=O) groups excluding carboxylic acids is 1. The lowest BCUT2D eigenvalue weighted by atomic mass is 10.0. The van der Waals surface area contributed by atoms with E-state index in [1.54, 1.807) is 5.51 Å². The number of anilines is 1. The quantitative estimate of drug-likeness (QED) is 0.749. The molecule has 4 nitrogen and oxygen atoms in total. The number of hydrogen-bond donors (Lipinski definition) is 1. The Bertz CT molecular complexity index is 322. The zero-order valence-electron chi connectivity index (χ0n) is 7.68. The molecule has 1 saturated carbocycles. The molecule has 1 aliphatic rings. The summed E-state index contributed by atoms with van der Waals surface area (Å²) in [5.41, 5.74) is 8.43. The standard InChI is InChI=1S/C9H12N2O2S/c10-9-8(11-4-14-9)7(3-13-5-12)6-1-2-6/h4-7H,1-3,10H2. The van der Waals surface area contributed by atoms with Crippen molar-refractivity contribution in [2.24, 2.45) is 5.92 Å². The van der Waals surface area contributed by atoms with Gasteiger partial charge in [-0.05, 0) is 18.8 Å². The molecule has 1 aromatic rings. The highest BCUT2D eigenvalue weighted by Gasteiger charge is 2.35. The van der Waals surface area contributed by atoms with Crippen molar-refractivity contribution in [3.8, 4) is 0 Å². The lowest BCUT2D eigenvalue weighted by molar-refractivity contribution is -0.129. The number of aromatic nitrogens is 1. The topological polar surface area (TPSA) is 65.2 Å². The third-order valence-corrected chi connectivity index (χ3v) is 3.18. The zero-order valence-corrected chi connectivity index (χ0v) is 8.50. The molecule has 2 rings (SSSR count). The average Bonchev–Trinajstić information content (AvgIpc) is 2.92. The van der Waals surface area contributed by atoms with Gasteiger partial charge in [-0.3, -0.25) is 4.79 Å². The van der Waals surface area contributed by atoms with Crippen LogP contribution in [-0.2, 0) is 9.53 Å². The first-order chi connectivity index (χ1) is 6.83. The molecule has 0 aliphatic heterocycles. The molecule has 0 spiro atoms. The van der Waals surface area contributed by atoms with E-state index in [9.17, 15) is 4.79 Å². The lowest BCUT2D eigenvalue weighted by Gasteiger charge is -2.12. The second-order valence-electron chi connectivity index (χ2n) is 3.48. The number of carbonyl (C=O) groups is 1. The molecule has 76 valence electrons. The normalized spacial score (nSPS) is 17.7. The Morgan fingerprint density at radius 3 is 3.07 bits per heavy atom. The zero-order chi connectivity index (χ0) is 9.97. The molecule has 5 heteroatoms. The summed E-state index contributed by atoms with van der Waals surface area (Å²) in [7, 11) is 0.